The van der Waals surface area contributed by atoms with E-state index < -0.39 is 18.3 Å². The maximum absolute atomic E-state index is 6.25. The molecule has 0 radical (unpaired) electrons. The number of aryl methyl sites for hydroxylation is 2. The molecule has 1 fully saturated rings. The summed E-state index contributed by atoms with van der Waals surface area (Å²) >= 11 is 0. The van der Waals surface area contributed by atoms with Crippen molar-refractivity contribution in [2.45, 2.75) is 65.9 Å². The van der Waals surface area contributed by atoms with E-state index in [0.29, 0.717) is 13.2 Å². The van der Waals surface area contributed by atoms with Gasteiger partial charge < -0.3 is 18.8 Å². The minimum absolute atomic E-state index is 0.415. The Labute approximate surface area is 161 Å². The van der Waals surface area contributed by atoms with Gasteiger partial charge in [0, 0.05) is 6.54 Å². The Kier molecular flexibility index (Phi) is 5.28. The number of methoxy groups -OCH3 is 1. The summed E-state index contributed by atoms with van der Waals surface area (Å²) in [6, 6.07) is 7.84. The normalized spacial score (nSPS) is 18.0. The number of ether oxygens (including phenoxy) is 2. The fraction of sp³-hybridized carbons (Fsp3) is 0.550. The van der Waals surface area contributed by atoms with Crippen LogP contribution in [0.1, 0.15) is 45.9 Å². The van der Waals surface area contributed by atoms with E-state index in [1.807, 2.05) is 63.6 Å². The van der Waals surface area contributed by atoms with Gasteiger partial charge in [-0.25, -0.2) is 0 Å². The van der Waals surface area contributed by atoms with Crippen LogP contribution in [0.15, 0.2) is 24.3 Å². The Bertz CT molecular complexity index is 783. The molecule has 146 valence electrons. The standard InChI is InChI=1S/C20H29BN2O4/c1-8-23-18(21-26-19(3,4)20(5,6)27-21)17(14(2)22-23)25-13-15-9-11-16(24-7)12-10-15/h9-12H,8,13H2,1-7H3. The number of hydrogen-bond donors (Lipinski definition) is 0. The maximum atomic E-state index is 6.25. The molecule has 1 aromatic carbocycles. The second kappa shape index (κ2) is 7.21. The average Bonchev–Trinajstić information content (AvgIpc) is 3.05. The molecule has 0 bridgehead atoms. The molecule has 0 saturated carbocycles. The van der Waals surface area contributed by atoms with Gasteiger partial charge in [-0.3, -0.25) is 4.68 Å². The van der Waals surface area contributed by atoms with Crippen LogP contribution >= 0.6 is 0 Å². The van der Waals surface area contributed by atoms with Gasteiger partial charge in [0.05, 0.1) is 18.3 Å². The van der Waals surface area contributed by atoms with Crippen molar-refractivity contribution in [3.8, 4) is 11.5 Å². The molecule has 1 saturated heterocycles. The van der Waals surface area contributed by atoms with Gasteiger partial charge in [0.2, 0.25) is 0 Å². The van der Waals surface area contributed by atoms with Gasteiger partial charge in [-0.05, 0) is 59.2 Å². The fourth-order valence-corrected chi connectivity index (χ4v) is 3.06. The second-order valence-electron chi connectivity index (χ2n) is 7.84. The maximum Gasteiger partial charge on any atom is 0.518 e. The van der Waals surface area contributed by atoms with Crippen molar-refractivity contribution in [2.75, 3.05) is 7.11 Å². The minimum Gasteiger partial charge on any atom is -0.497 e. The highest BCUT2D eigenvalue weighted by Crippen LogP contribution is 2.37. The molecule has 1 aromatic heterocycles. The van der Waals surface area contributed by atoms with Crippen LogP contribution in [0.2, 0.25) is 0 Å². The van der Waals surface area contributed by atoms with E-state index >= 15 is 0 Å². The van der Waals surface area contributed by atoms with Crippen LogP contribution in [-0.4, -0.2) is 35.2 Å². The van der Waals surface area contributed by atoms with Crippen LogP contribution < -0.4 is 15.1 Å². The Morgan fingerprint density at radius 3 is 2.19 bits per heavy atom. The van der Waals surface area contributed by atoms with Gasteiger partial charge in [-0.15, -0.1) is 0 Å². The average molecular weight is 372 g/mol. The molecule has 1 aliphatic rings. The summed E-state index contributed by atoms with van der Waals surface area (Å²) in [5.41, 5.74) is 1.89. The predicted octanol–water partition coefficient (Wildman–Crippen LogP) is 3.10. The number of aromatic nitrogens is 2. The van der Waals surface area contributed by atoms with Gasteiger partial charge in [0.25, 0.3) is 0 Å². The van der Waals surface area contributed by atoms with Crippen molar-refractivity contribution >= 4 is 12.7 Å². The zero-order valence-electron chi connectivity index (χ0n) is 17.3. The van der Waals surface area contributed by atoms with Crippen LogP contribution in [-0.2, 0) is 22.5 Å². The summed E-state index contributed by atoms with van der Waals surface area (Å²) in [5, 5.41) is 4.62. The lowest BCUT2D eigenvalue weighted by Gasteiger charge is -2.32. The first-order valence-electron chi connectivity index (χ1n) is 9.37. The van der Waals surface area contributed by atoms with E-state index in [4.69, 9.17) is 18.8 Å². The first-order chi connectivity index (χ1) is 12.7. The summed E-state index contributed by atoms with van der Waals surface area (Å²) in [6.45, 7) is 13.3. The van der Waals surface area contributed by atoms with Crippen molar-refractivity contribution in [3.05, 3.63) is 35.5 Å². The third-order valence-corrected chi connectivity index (χ3v) is 5.43. The zero-order chi connectivity index (χ0) is 19.8. The van der Waals surface area contributed by atoms with E-state index in [9.17, 15) is 0 Å². The SMILES string of the molecule is CCn1nc(C)c(OCc2ccc(OC)cc2)c1B1OC(C)(C)C(C)(C)O1. The van der Waals surface area contributed by atoms with E-state index in [1.165, 1.54) is 0 Å². The van der Waals surface area contributed by atoms with Crippen molar-refractivity contribution in [2.24, 2.45) is 0 Å². The van der Waals surface area contributed by atoms with Gasteiger partial charge in [-0.1, -0.05) is 12.1 Å². The molecule has 0 spiro atoms. The fourth-order valence-electron chi connectivity index (χ4n) is 3.06. The summed E-state index contributed by atoms with van der Waals surface area (Å²) in [4.78, 5) is 0. The number of nitrogens with zero attached hydrogens (tertiary/aromatic N) is 2. The Balaban J connectivity index is 1.86. The van der Waals surface area contributed by atoms with E-state index in [1.54, 1.807) is 7.11 Å². The Morgan fingerprint density at radius 2 is 1.67 bits per heavy atom. The smallest absolute Gasteiger partial charge is 0.497 e. The lowest BCUT2D eigenvalue weighted by molar-refractivity contribution is 0.00578. The topological polar surface area (TPSA) is 54.7 Å². The zero-order valence-corrected chi connectivity index (χ0v) is 17.3. The van der Waals surface area contributed by atoms with Gasteiger partial charge in [0.1, 0.15) is 23.6 Å². The Morgan fingerprint density at radius 1 is 1.07 bits per heavy atom. The molecule has 0 N–H and O–H groups in total. The summed E-state index contributed by atoms with van der Waals surface area (Å²) in [7, 11) is 1.15. The van der Waals surface area contributed by atoms with Crippen LogP contribution in [0, 0.1) is 6.92 Å². The third-order valence-electron chi connectivity index (χ3n) is 5.43. The van der Waals surface area contributed by atoms with Crippen LogP contribution in [0.3, 0.4) is 0 Å². The van der Waals surface area contributed by atoms with Crippen LogP contribution in [0.25, 0.3) is 0 Å². The molecule has 0 amide bonds. The number of hydrogen-bond acceptors (Lipinski definition) is 5. The lowest BCUT2D eigenvalue weighted by Crippen LogP contribution is -2.41. The molecule has 1 aliphatic heterocycles. The van der Waals surface area contributed by atoms with Gasteiger partial charge >= 0.3 is 7.12 Å². The summed E-state index contributed by atoms with van der Waals surface area (Å²) in [5.74, 6) is 1.55. The van der Waals surface area contributed by atoms with E-state index in [2.05, 4.69) is 12.0 Å². The van der Waals surface area contributed by atoms with Crippen LogP contribution in [0.4, 0.5) is 0 Å². The molecule has 0 atom stereocenters. The van der Waals surface area contributed by atoms with E-state index in [-0.39, 0.29) is 0 Å². The van der Waals surface area contributed by atoms with Crippen LogP contribution in [0.5, 0.6) is 11.5 Å². The number of benzene rings is 1. The summed E-state index contributed by atoms with van der Waals surface area (Å²) in [6.07, 6.45) is 0. The van der Waals surface area contributed by atoms with Crippen molar-refractivity contribution in [1.29, 1.82) is 0 Å². The molecule has 2 aromatic rings. The summed E-state index contributed by atoms with van der Waals surface area (Å²) < 4.78 is 25.8. The molecule has 27 heavy (non-hydrogen) atoms. The van der Waals surface area contributed by atoms with Gasteiger partial charge in [-0.2, -0.15) is 5.10 Å². The first kappa shape index (κ1) is 19.8. The van der Waals surface area contributed by atoms with Crippen molar-refractivity contribution in [3.63, 3.8) is 0 Å². The molecule has 6 nitrogen and oxygen atoms in total. The first-order valence-corrected chi connectivity index (χ1v) is 9.37. The highest BCUT2D eigenvalue weighted by atomic mass is 16.7. The highest BCUT2D eigenvalue weighted by Gasteiger charge is 2.54. The molecular weight excluding hydrogens is 343 g/mol. The quantitative estimate of drug-likeness (QED) is 0.730. The molecule has 7 heteroatoms. The van der Waals surface area contributed by atoms with E-state index in [0.717, 1.165) is 28.3 Å². The van der Waals surface area contributed by atoms with Gasteiger partial charge in [0.15, 0.2) is 5.75 Å². The predicted molar refractivity (Wildman–Crippen MR) is 106 cm³/mol. The second-order valence-corrected chi connectivity index (χ2v) is 7.84. The minimum atomic E-state index is -0.512. The van der Waals surface area contributed by atoms with Crippen molar-refractivity contribution in [1.82, 2.24) is 9.78 Å². The van der Waals surface area contributed by atoms with Crippen molar-refractivity contribution < 1.29 is 18.8 Å². The largest absolute Gasteiger partial charge is 0.518 e. The third kappa shape index (κ3) is 3.71. The number of rotatable bonds is 6. The monoisotopic (exact) mass is 372 g/mol. The molecule has 0 aliphatic carbocycles. The molecule has 2 heterocycles. The Hall–Kier alpha value is -1.99. The lowest BCUT2D eigenvalue weighted by atomic mass is 9.83. The molecule has 3 rings (SSSR count). The highest BCUT2D eigenvalue weighted by molar-refractivity contribution is 6.62. The molecule has 0 unspecified atom stereocenters. The molecular formula is C20H29BN2O4.